The minimum absolute atomic E-state index is 0.260. The number of amides is 1. The molecule has 0 radical (unpaired) electrons. The number of halogens is 2. The number of esters is 1. The van der Waals surface area contributed by atoms with Gasteiger partial charge in [-0.3, -0.25) is 4.79 Å². The molecule has 1 atom stereocenters. The molecule has 0 aliphatic rings. The van der Waals surface area contributed by atoms with E-state index in [2.05, 4.69) is 21.2 Å². The zero-order valence-electron chi connectivity index (χ0n) is 13.5. The molecule has 0 saturated heterocycles. The number of hydrogen-bond acceptors (Lipinski definition) is 4. The van der Waals surface area contributed by atoms with E-state index in [0.29, 0.717) is 17.2 Å². The number of benzene rings is 2. The van der Waals surface area contributed by atoms with Crippen molar-refractivity contribution in [1.82, 2.24) is 5.32 Å². The van der Waals surface area contributed by atoms with Crippen LogP contribution in [0.3, 0.4) is 0 Å². The van der Waals surface area contributed by atoms with E-state index >= 15 is 0 Å². The summed E-state index contributed by atoms with van der Waals surface area (Å²) in [5.41, 5.74) is 0.912. The Balaban J connectivity index is 1.95. The SMILES string of the molecule is COC(=O)C(Cc1ccccc1)NC(=O)COc1ccc(Br)cc1Cl. The van der Waals surface area contributed by atoms with Crippen LogP contribution in [0.4, 0.5) is 0 Å². The van der Waals surface area contributed by atoms with Crippen molar-refractivity contribution in [3.63, 3.8) is 0 Å². The van der Waals surface area contributed by atoms with Crippen molar-refractivity contribution in [2.45, 2.75) is 12.5 Å². The summed E-state index contributed by atoms with van der Waals surface area (Å²) >= 11 is 9.33. The summed E-state index contributed by atoms with van der Waals surface area (Å²) in [7, 11) is 1.28. The predicted molar refractivity (Wildman–Crippen MR) is 98.7 cm³/mol. The molecule has 7 heteroatoms. The molecule has 0 spiro atoms. The van der Waals surface area contributed by atoms with Gasteiger partial charge < -0.3 is 14.8 Å². The number of ether oxygens (including phenoxy) is 2. The molecular formula is C18H17BrClNO4. The average molecular weight is 427 g/mol. The number of carbonyl (C=O) groups is 2. The number of methoxy groups -OCH3 is 1. The molecule has 2 rings (SSSR count). The normalized spacial score (nSPS) is 11.5. The Labute approximate surface area is 159 Å². The number of hydrogen-bond donors (Lipinski definition) is 1. The lowest BCUT2D eigenvalue weighted by Gasteiger charge is -2.17. The summed E-state index contributed by atoms with van der Waals surface area (Å²) in [4.78, 5) is 24.0. The molecule has 2 aromatic rings. The smallest absolute Gasteiger partial charge is 0.328 e. The maximum absolute atomic E-state index is 12.1. The molecule has 0 aliphatic carbocycles. The van der Waals surface area contributed by atoms with Crippen LogP contribution < -0.4 is 10.1 Å². The monoisotopic (exact) mass is 425 g/mol. The van der Waals surface area contributed by atoms with E-state index in [1.165, 1.54) is 7.11 Å². The first-order valence-corrected chi connectivity index (χ1v) is 8.65. The zero-order valence-corrected chi connectivity index (χ0v) is 15.8. The van der Waals surface area contributed by atoms with Crippen LogP contribution in [0.1, 0.15) is 5.56 Å². The lowest BCUT2D eigenvalue weighted by atomic mass is 10.1. The molecular weight excluding hydrogens is 410 g/mol. The molecule has 0 aromatic heterocycles. The van der Waals surface area contributed by atoms with Crippen LogP contribution in [0.15, 0.2) is 53.0 Å². The van der Waals surface area contributed by atoms with E-state index in [9.17, 15) is 9.59 Å². The molecule has 0 heterocycles. The highest BCUT2D eigenvalue weighted by molar-refractivity contribution is 9.10. The maximum Gasteiger partial charge on any atom is 0.328 e. The first-order chi connectivity index (χ1) is 12.0. The van der Waals surface area contributed by atoms with Gasteiger partial charge in [-0.25, -0.2) is 4.79 Å². The Kier molecular flexibility index (Phi) is 7.28. The van der Waals surface area contributed by atoms with Gasteiger partial charge in [-0.15, -0.1) is 0 Å². The van der Waals surface area contributed by atoms with Crippen LogP contribution in [0.2, 0.25) is 5.02 Å². The highest BCUT2D eigenvalue weighted by atomic mass is 79.9. The van der Waals surface area contributed by atoms with Crippen molar-refractivity contribution in [2.24, 2.45) is 0 Å². The fraction of sp³-hybridized carbons (Fsp3) is 0.222. The Morgan fingerprint density at radius 1 is 1.20 bits per heavy atom. The maximum atomic E-state index is 12.1. The van der Waals surface area contributed by atoms with Crippen LogP contribution in [0.5, 0.6) is 5.75 Å². The van der Waals surface area contributed by atoms with E-state index in [4.69, 9.17) is 21.1 Å². The molecule has 0 bridgehead atoms. The van der Waals surface area contributed by atoms with Crippen molar-refractivity contribution in [1.29, 1.82) is 0 Å². The third kappa shape index (κ3) is 6.07. The van der Waals surface area contributed by atoms with Gasteiger partial charge in [0, 0.05) is 10.9 Å². The summed E-state index contributed by atoms with van der Waals surface area (Å²) in [5, 5.41) is 3.01. The lowest BCUT2D eigenvalue weighted by Crippen LogP contribution is -2.44. The predicted octanol–water partition coefficient (Wildman–Crippen LogP) is 3.38. The van der Waals surface area contributed by atoms with Gasteiger partial charge in [0.15, 0.2) is 6.61 Å². The number of rotatable bonds is 7. The van der Waals surface area contributed by atoms with Crippen molar-refractivity contribution in [3.8, 4) is 5.75 Å². The summed E-state index contributed by atoms with van der Waals surface area (Å²) in [6.45, 7) is -0.260. The molecule has 5 nitrogen and oxygen atoms in total. The highest BCUT2D eigenvalue weighted by Gasteiger charge is 2.22. The Hall–Kier alpha value is -2.05. The number of nitrogens with one attached hydrogen (secondary N) is 1. The van der Waals surface area contributed by atoms with Gasteiger partial charge in [0.05, 0.1) is 12.1 Å². The molecule has 0 saturated carbocycles. The second kappa shape index (κ2) is 9.44. The van der Waals surface area contributed by atoms with Gasteiger partial charge in [0.2, 0.25) is 0 Å². The summed E-state index contributed by atoms with van der Waals surface area (Å²) in [6, 6.07) is 13.7. The van der Waals surface area contributed by atoms with Crippen molar-refractivity contribution in [3.05, 3.63) is 63.6 Å². The van der Waals surface area contributed by atoms with Crippen LogP contribution in [0, 0.1) is 0 Å². The van der Waals surface area contributed by atoms with E-state index in [1.807, 2.05) is 30.3 Å². The third-order valence-corrected chi connectivity index (χ3v) is 4.14. The molecule has 1 unspecified atom stereocenters. The second-order valence-corrected chi connectivity index (χ2v) is 6.52. The third-order valence-electron chi connectivity index (χ3n) is 3.36. The molecule has 132 valence electrons. The first-order valence-electron chi connectivity index (χ1n) is 7.48. The molecule has 2 aromatic carbocycles. The van der Waals surface area contributed by atoms with Gasteiger partial charge in [0.25, 0.3) is 5.91 Å². The zero-order chi connectivity index (χ0) is 18.2. The largest absolute Gasteiger partial charge is 0.482 e. The van der Waals surface area contributed by atoms with Crippen LogP contribution in [0.25, 0.3) is 0 Å². The van der Waals surface area contributed by atoms with Crippen molar-refractivity contribution < 1.29 is 19.1 Å². The van der Waals surface area contributed by atoms with E-state index in [-0.39, 0.29) is 6.61 Å². The van der Waals surface area contributed by atoms with Crippen LogP contribution >= 0.6 is 27.5 Å². The van der Waals surface area contributed by atoms with Gasteiger partial charge >= 0.3 is 5.97 Å². The van der Waals surface area contributed by atoms with E-state index in [1.54, 1.807) is 18.2 Å². The standard InChI is InChI=1S/C18H17BrClNO4/c1-24-18(23)15(9-12-5-3-2-4-6-12)21-17(22)11-25-16-8-7-13(19)10-14(16)20/h2-8,10,15H,9,11H2,1H3,(H,21,22). The minimum atomic E-state index is -0.788. The molecule has 1 N–H and O–H groups in total. The Morgan fingerprint density at radius 3 is 2.56 bits per heavy atom. The van der Waals surface area contributed by atoms with Gasteiger partial charge in [-0.2, -0.15) is 0 Å². The van der Waals surface area contributed by atoms with Crippen molar-refractivity contribution in [2.75, 3.05) is 13.7 Å². The first kappa shape index (κ1) is 19.3. The minimum Gasteiger partial charge on any atom is -0.482 e. The Bertz CT molecular complexity index is 739. The van der Waals surface area contributed by atoms with E-state index < -0.39 is 17.9 Å². The molecule has 25 heavy (non-hydrogen) atoms. The summed E-state index contributed by atoms with van der Waals surface area (Å²) in [5.74, 6) is -0.568. The van der Waals surface area contributed by atoms with Gasteiger partial charge in [0.1, 0.15) is 11.8 Å². The summed E-state index contributed by atoms with van der Waals surface area (Å²) < 4.78 is 11.0. The van der Waals surface area contributed by atoms with Gasteiger partial charge in [-0.1, -0.05) is 57.9 Å². The van der Waals surface area contributed by atoms with Gasteiger partial charge in [-0.05, 0) is 23.8 Å². The molecule has 0 aliphatic heterocycles. The average Bonchev–Trinajstić information content (AvgIpc) is 2.60. The topological polar surface area (TPSA) is 64.6 Å². The summed E-state index contributed by atoms with van der Waals surface area (Å²) in [6.07, 6.45) is 0.332. The van der Waals surface area contributed by atoms with Crippen LogP contribution in [-0.2, 0) is 20.7 Å². The highest BCUT2D eigenvalue weighted by Crippen LogP contribution is 2.27. The lowest BCUT2D eigenvalue weighted by molar-refractivity contribution is -0.145. The molecule has 0 fully saturated rings. The quantitative estimate of drug-likeness (QED) is 0.689. The second-order valence-electron chi connectivity index (χ2n) is 5.20. The Morgan fingerprint density at radius 2 is 1.92 bits per heavy atom. The van der Waals surface area contributed by atoms with Crippen molar-refractivity contribution >= 4 is 39.4 Å². The fourth-order valence-electron chi connectivity index (χ4n) is 2.16. The molecule has 1 amide bonds. The fourth-order valence-corrected chi connectivity index (χ4v) is 2.88. The number of carbonyl (C=O) groups excluding carboxylic acids is 2. The van der Waals surface area contributed by atoms with E-state index in [0.717, 1.165) is 10.0 Å². The van der Waals surface area contributed by atoms with Crippen LogP contribution in [-0.4, -0.2) is 31.6 Å².